The summed E-state index contributed by atoms with van der Waals surface area (Å²) in [4.78, 5) is 9.24. The summed E-state index contributed by atoms with van der Waals surface area (Å²) in [7, 11) is -3.66. The SMILES string of the molecule is CCn1cc(S(=O)(=O)N2CCO[C@H](c3cccc(Nc4nc(C)cs4)n3)C2)c(C)n1. The van der Waals surface area contributed by atoms with Gasteiger partial charge in [0.15, 0.2) is 5.13 Å². The van der Waals surface area contributed by atoms with Crippen LogP contribution >= 0.6 is 11.3 Å². The second kappa shape index (κ2) is 8.42. The van der Waals surface area contributed by atoms with E-state index in [0.717, 1.165) is 10.8 Å². The molecule has 0 saturated carbocycles. The van der Waals surface area contributed by atoms with Gasteiger partial charge in [-0.3, -0.25) is 4.68 Å². The maximum atomic E-state index is 13.2. The van der Waals surface area contributed by atoms with Gasteiger partial charge in [0, 0.05) is 31.2 Å². The molecular formula is C19H24N6O3S2. The van der Waals surface area contributed by atoms with E-state index in [1.807, 2.05) is 37.4 Å². The molecule has 1 aliphatic heterocycles. The van der Waals surface area contributed by atoms with Gasteiger partial charge in [-0.05, 0) is 32.9 Å². The van der Waals surface area contributed by atoms with Crippen LogP contribution in [0.1, 0.15) is 30.1 Å². The van der Waals surface area contributed by atoms with Gasteiger partial charge < -0.3 is 10.1 Å². The van der Waals surface area contributed by atoms with Gasteiger partial charge in [-0.1, -0.05) is 6.07 Å². The molecule has 0 unspecified atom stereocenters. The standard InChI is InChI=1S/C19H24N6O3S2/c1-4-24-11-17(14(3)23-24)30(26,27)25-8-9-28-16(10-25)15-6-5-7-18(21-15)22-19-20-13(2)12-29-19/h5-7,11-12,16H,4,8-10H2,1-3H3,(H,20,21,22)/t16-/m0/s1. The van der Waals surface area contributed by atoms with E-state index in [1.54, 1.807) is 17.8 Å². The predicted molar refractivity (Wildman–Crippen MR) is 114 cm³/mol. The van der Waals surface area contributed by atoms with E-state index < -0.39 is 16.1 Å². The highest BCUT2D eigenvalue weighted by Gasteiger charge is 2.34. The summed E-state index contributed by atoms with van der Waals surface area (Å²) < 4.78 is 35.4. The van der Waals surface area contributed by atoms with Crippen LogP contribution in [0.25, 0.3) is 0 Å². The molecule has 1 N–H and O–H groups in total. The van der Waals surface area contributed by atoms with E-state index >= 15 is 0 Å². The molecule has 3 aromatic heterocycles. The number of aryl methyl sites for hydroxylation is 3. The number of sulfonamides is 1. The van der Waals surface area contributed by atoms with Gasteiger partial charge in [-0.25, -0.2) is 18.4 Å². The molecule has 3 aromatic rings. The molecule has 160 valence electrons. The smallest absolute Gasteiger partial charge is 0.246 e. The number of anilines is 2. The minimum atomic E-state index is -3.66. The fraction of sp³-hybridized carbons (Fsp3) is 0.421. The third kappa shape index (κ3) is 4.24. The molecule has 0 spiro atoms. The fourth-order valence-corrected chi connectivity index (χ4v) is 5.59. The summed E-state index contributed by atoms with van der Waals surface area (Å²) in [5.41, 5.74) is 2.12. The van der Waals surface area contributed by atoms with Gasteiger partial charge in [-0.15, -0.1) is 11.3 Å². The van der Waals surface area contributed by atoms with Crippen LogP contribution in [0.15, 0.2) is 34.7 Å². The highest BCUT2D eigenvalue weighted by molar-refractivity contribution is 7.89. The Morgan fingerprint density at radius 1 is 1.30 bits per heavy atom. The van der Waals surface area contributed by atoms with Crippen molar-refractivity contribution in [1.29, 1.82) is 0 Å². The van der Waals surface area contributed by atoms with Gasteiger partial charge in [0.25, 0.3) is 0 Å². The van der Waals surface area contributed by atoms with Crippen molar-refractivity contribution in [1.82, 2.24) is 24.1 Å². The lowest BCUT2D eigenvalue weighted by Gasteiger charge is -2.31. The summed E-state index contributed by atoms with van der Waals surface area (Å²) in [6.07, 6.45) is 1.14. The zero-order valence-electron chi connectivity index (χ0n) is 17.1. The molecule has 0 aliphatic carbocycles. The first-order valence-corrected chi connectivity index (χ1v) is 12.0. The van der Waals surface area contributed by atoms with Crippen molar-refractivity contribution >= 4 is 32.3 Å². The van der Waals surface area contributed by atoms with Crippen LogP contribution in [0, 0.1) is 13.8 Å². The number of hydrogen-bond donors (Lipinski definition) is 1. The van der Waals surface area contributed by atoms with E-state index in [0.29, 0.717) is 36.9 Å². The highest BCUT2D eigenvalue weighted by atomic mass is 32.2. The number of rotatable bonds is 6. The number of morpholine rings is 1. The van der Waals surface area contributed by atoms with E-state index in [2.05, 4.69) is 20.4 Å². The number of pyridine rings is 1. The summed E-state index contributed by atoms with van der Waals surface area (Å²) >= 11 is 1.50. The third-order valence-electron chi connectivity index (χ3n) is 4.83. The number of aromatic nitrogens is 4. The van der Waals surface area contributed by atoms with Crippen LogP contribution < -0.4 is 5.32 Å². The van der Waals surface area contributed by atoms with Crippen molar-refractivity contribution < 1.29 is 13.2 Å². The molecule has 1 atom stereocenters. The molecule has 9 nitrogen and oxygen atoms in total. The van der Waals surface area contributed by atoms with Gasteiger partial charge >= 0.3 is 0 Å². The van der Waals surface area contributed by atoms with E-state index in [4.69, 9.17) is 4.74 Å². The van der Waals surface area contributed by atoms with Crippen molar-refractivity contribution in [3.8, 4) is 0 Å². The quantitative estimate of drug-likeness (QED) is 0.618. The average Bonchev–Trinajstić information content (AvgIpc) is 3.33. The molecule has 0 radical (unpaired) electrons. The monoisotopic (exact) mass is 448 g/mol. The molecule has 0 amide bonds. The van der Waals surface area contributed by atoms with E-state index in [-0.39, 0.29) is 11.4 Å². The largest absolute Gasteiger partial charge is 0.369 e. The maximum Gasteiger partial charge on any atom is 0.246 e. The number of ether oxygens (including phenoxy) is 1. The van der Waals surface area contributed by atoms with Gasteiger partial charge in [0.1, 0.15) is 16.8 Å². The highest BCUT2D eigenvalue weighted by Crippen LogP contribution is 2.28. The molecule has 4 heterocycles. The lowest BCUT2D eigenvalue weighted by molar-refractivity contribution is -0.00487. The lowest BCUT2D eigenvalue weighted by atomic mass is 10.2. The van der Waals surface area contributed by atoms with Crippen molar-refractivity contribution in [2.45, 2.75) is 38.3 Å². The van der Waals surface area contributed by atoms with Crippen LogP contribution in [-0.4, -0.2) is 52.2 Å². The Labute approximate surface area is 179 Å². The van der Waals surface area contributed by atoms with Crippen LogP contribution in [0.5, 0.6) is 0 Å². The summed E-state index contributed by atoms with van der Waals surface area (Å²) in [6.45, 7) is 6.99. The zero-order valence-corrected chi connectivity index (χ0v) is 18.7. The molecule has 30 heavy (non-hydrogen) atoms. The van der Waals surface area contributed by atoms with Gasteiger partial charge in [0.2, 0.25) is 10.0 Å². The van der Waals surface area contributed by atoms with Crippen molar-refractivity contribution in [3.63, 3.8) is 0 Å². The van der Waals surface area contributed by atoms with Gasteiger partial charge in [-0.2, -0.15) is 9.40 Å². The predicted octanol–water partition coefficient (Wildman–Crippen LogP) is 2.88. The van der Waals surface area contributed by atoms with Crippen molar-refractivity contribution in [2.24, 2.45) is 0 Å². The van der Waals surface area contributed by atoms with Crippen LogP contribution in [0.3, 0.4) is 0 Å². The fourth-order valence-electron chi connectivity index (χ4n) is 3.30. The van der Waals surface area contributed by atoms with Crippen molar-refractivity contribution in [2.75, 3.05) is 25.0 Å². The summed E-state index contributed by atoms with van der Waals surface area (Å²) in [5, 5.41) is 10.2. The van der Waals surface area contributed by atoms with Gasteiger partial charge in [0.05, 0.1) is 23.7 Å². The minimum absolute atomic E-state index is 0.200. The molecule has 1 saturated heterocycles. The minimum Gasteiger partial charge on any atom is -0.369 e. The van der Waals surface area contributed by atoms with Crippen LogP contribution in [0.2, 0.25) is 0 Å². The number of nitrogens with zero attached hydrogens (tertiary/aromatic N) is 5. The molecule has 1 fully saturated rings. The van der Waals surface area contributed by atoms with E-state index in [1.165, 1.54) is 15.6 Å². The zero-order chi connectivity index (χ0) is 21.3. The van der Waals surface area contributed by atoms with Crippen LogP contribution in [-0.2, 0) is 21.3 Å². The molecule has 0 bridgehead atoms. The summed E-state index contributed by atoms with van der Waals surface area (Å²) in [5.74, 6) is 0.644. The summed E-state index contributed by atoms with van der Waals surface area (Å²) in [6, 6.07) is 5.57. The molecular weight excluding hydrogens is 424 g/mol. The Bertz CT molecular complexity index is 1140. The molecule has 1 aliphatic rings. The second-order valence-electron chi connectivity index (χ2n) is 7.02. The molecule has 0 aromatic carbocycles. The topological polar surface area (TPSA) is 102 Å². The van der Waals surface area contributed by atoms with E-state index in [9.17, 15) is 8.42 Å². The number of hydrogen-bond acceptors (Lipinski definition) is 8. The van der Waals surface area contributed by atoms with Crippen LogP contribution in [0.4, 0.5) is 10.9 Å². The Balaban J connectivity index is 1.54. The number of thiazole rings is 1. The first-order chi connectivity index (χ1) is 14.4. The first kappa shape index (κ1) is 20.9. The Kier molecular flexibility index (Phi) is 5.87. The normalized spacial score (nSPS) is 17.9. The second-order valence-corrected chi connectivity index (χ2v) is 9.79. The average molecular weight is 449 g/mol. The molecule has 11 heteroatoms. The molecule has 4 rings (SSSR count). The Hall–Kier alpha value is -2.34. The maximum absolute atomic E-state index is 13.2. The third-order valence-corrected chi connectivity index (χ3v) is 7.67. The number of nitrogens with one attached hydrogen (secondary N) is 1. The first-order valence-electron chi connectivity index (χ1n) is 9.68. The Morgan fingerprint density at radius 2 is 2.13 bits per heavy atom. The Morgan fingerprint density at radius 3 is 2.83 bits per heavy atom. The van der Waals surface area contributed by atoms with Crippen molar-refractivity contribution in [3.05, 3.63) is 46.9 Å². The lowest BCUT2D eigenvalue weighted by Crippen LogP contribution is -2.42.